The Balaban J connectivity index is 2.81. The summed E-state index contributed by atoms with van der Waals surface area (Å²) in [6.07, 6.45) is 0. The van der Waals surface area contributed by atoms with Gasteiger partial charge in [0.1, 0.15) is 0 Å². The Bertz CT molecular complexity index is 470. The van der Waals surface area contributed by atoms with Crippen molar-refractivity contribution in [3.8, 4) is 0 Å². The van der Waals surface area contributed by atoms with Gasteiger partial charge in [0.05, 0.1) is 5.69 Å². The van der Waals surface area contributed by atoms with E-state index in [9.17, 15) is 0 Å². The lowest BCUT2D eigenvalue weighted by molar-refractivity contribution is 0.988. The first kappa shape index (κ1) is 9.16. The smallest absolute Gasteiger partial charge is 0.0620 e. The number of pyridine rings is 1. The summed E-state index contributed by atoms with van der Waals surface area (Å²) in [6.45, 7) is 4.60. The second-order valence-electron chi connectivity index (χ2n) is 3.64. The van der Waals surface area contributed by atoms with Crippen LogP contribution in [0.5, 0.6) is 0 Å². The van der Waals surface area contributed by atoms with Gasteiger partial charge in [0.15, 0.2) is 0 Å². The Labute approximate surface area is 83.8 Å². The monoisotopic (exact) mass is 186 g/mol. The average molecular weight is 186 g/mol. The number of fused-ring (bicyclic) bond motifs is 1. The van der Waals surface area contributed by atoms with Crippen molar-refractivity contribution in [3.63, 3.8) is 0 Å². The van der Waals surface area contributed by atoms with E-state index in [1.807, 2.05) is 6.92 Å². The van der Waals surface area contributed by atoms with Crippen LogP contribution in [-0.4, -0.2) is 4.98 Å². The lowest BCUT2D eigenvalue weighted by Gasteiger charge is -2.06. The van der Waals surface area contributed by atoms with Gasteiger partial charge in [-0.05, 0) is 25.3 Å². The number of aromatic nitrogens is 1. The Morgan fingerprint density at radius 2 is 2.00 bits per heavy atom. The highest BCUT2D eigenvalue weighted by Crippen LogP contribution is 2.19. The van der Waals surface area contributed by atoms with Crippen LogP contribution in [0.2, 0.25) is 0 Å². The van der Waals surface area contributed by atoms with Gasteiger partial charge >= 0.3 is 0 Å². The molecule has 0 spiro atoms. The molecule has 1 aromatic heterocycles. The van der Waals surface area contributed by atoms with E-state index >= 15 is 0 Å². The van der Waals surface area contributed by atoms with Crippen LogP contribution in [0.1, 0.15) is 17.0 Å². The third kappa shape index (κ3) is 1.49. The van der Waals surface area contributed by atoms with E-state index < -0.39 is 0 Å². The summed E-state index contributed by atoms with van der Waals surface area (Å²) >= 11 is 0. The number of hydrogen-bond acceptors (Lipinski definition) is 2. The molecule has 2 rings (SSSR count). The van der Waals surface area contributed by atoms with Crippen molar-refractivity contribution in [3.05, 3.63) is 41.2 Å². The number of aryl methyl sites for hydroxylation is 2. The summed E-state index contributed by atoms with van der Waals surface area (Å²) < 4.78 is 0. The molecule has 72 valence electrons. The minimum absolute atomic E-state index is 0.501. The van der Waals surface area contributed by atoms with Gasteiger partial charge in [0.25, 0.3) is 0 Å². The highest BCUT2D eigenvalue weighted by atomic mass is 14.7. The molecule has 0 saturated heterocycles. The standard InChI is InChI=1S/C12H14N2/c1-8-3-4-11-10(5-8)6-9(2)14-12(11)7-13/h3-6H,7,13H2,1-2H3. The first-order valence-electron chi connectivity index (χ1n) is 4.77. The van der Waals surface area contributed by atoms with Gasteiger partial charge in [-0.15, -0.1) is 0 Å². The molecule has 1 aromatic carbocycles. The number of benzene rings is 1. The second kappa shape index (κ2) is 3.39. The zero-order valence-electron chi connectivity index (χ0n) is 8.54. The van der Waals surface area contributed by atoms with E-state index in [1.54, 1.807) is 0 Å². The first-order chi connectivity index (χ1) is 6.70. The van der Waals surface area contributed by atoms with Gasteiger partial charge in [-0.25, -0.2) is 0 Å². The molecular weight excluding hydrogens is 172 g/mol. The van der Waals surface area contributed by atoms with Crippen molar-refractivity contribution in [1.29, 1.82) is 0 Å². The fraction of sp³-hybridized carbons (Fsp3) is 0.250. The summed E-state index contributed by atoms with van der Waals surface area (Å²) in [4.78, 5) is 4.42. The molecule has 0 radical (unpaired) electrons. The topological polar surface area (TPSA) is 38.9 Å². The fourth-order valence-electron chi connectivity index (χ4n) is 1.75. The van der Waals surface area contributed by atoms with E-state index in [2.05, 4.69) is 36.2 Å². The second-order valence-corrected chi connectivity index (χ2v) is 3.64. The average Bonchev–Trinajstić information content (AvgIpc) is 2.15. The summed E-state index contributed by atoms with van der Waals surface area (Å²) in [7, 11) is 0. The Morgan fingerprint density at radius 1 is 1.21 bits per heavy atom. The number of nitrogens with two attached hydrogens (primary N) is 1. The van der Waals surface area contributed by atoms with Crippen molar-refractivity contribution in [2.75, 3.05) is 0 Å². The maximum absolute atomic E-state index is 5.66. The van der Waals surface area contributed by atoms with E-state index in [0.717, 1.165) is 11.4 Å². The summed E-state index contributed by atoms with van der Waals surface area (Å²) in [5, 5.41) is 2.40. The van der Waals surface area contributed by atoms with Crippen molar-refractivity contribution in [2.45, 2.75) is 20.4 Å². The number of nitrogens with zero attached hydrogens (tertiary/aromatic N) is 1. The van der Waals surface area contributed by atoms with E-state index in [4.69, 9.17) is 5.73 Å². The maximum Gasteiger partial charge on any atom is 0.0620 e. The summed E-state index contributed by atoms with van der Waals surface area (Å²) in [5.74, 6) is 0. The van der Waals surface area contributed by atoms with Crippen LogP contribution in [0.4, 0.5) is 0 Å². The largest absolute Gasteiger partial charge is 0.325 e. The highest BCUT2D eigenvalue weighted by Gasteiger charge is 2.02. The van der Waals surface area contributed by atoms with E-state index in [1.165, 1.54) is 16.3 Å². The molecule has 0 aliphatic carbocycles. The van der Waals surface area contributed by atoms with Gasteiger partial charge in [-0.1, -0.05) is 23.8 Å². The van der Waals surface area contributed by atoms with Crippen LogP contribution >= 0.6 is 0 Å². The zero-order valence-corrected chi connectivity index (χ0v) is 8.54. The molecule has 0 aliphatic heterocycles. The van der Waals surface area contributed by atoms with Crippen LogP contribution in [0.3, 0.4) is 0 Å². The molecule has 0 aliphatic rings. The minimum atomic E-state index is 0.501. The SMILES string of the molecule is Cc1ccc2c(CN)nc(C)cc2c1. The molecular formula is C12H14N2. The molecule has 0 unspecified atom stereocenters. The van der Waals surface area contributed by atoms with Gasteiger partial charge in [-0.2, -0.15) is 0 Å². The third-order valence-corrected chi connectivity index (χ3v) is 2.39. The predicted octanol–water partition coefficient (Wildman–Crippen LogP) is 2.31. The normalized spacial score (nSPS) is 10.8. The van der Waals surface area contributed by atoms with Crippen molar-refractivity contribution < 1.29 is 0 Å². The Kier molecular flexibility index (Phi) is 2.22. The van der Waals surface area contributed by atoms with Crippen LogP contribution in [0, 0.1) is 13.8 Å². The van der Waals surface area contributed by atoms with Gasteiger partial charge in [0.2, 0.25) is 0 Å². The molecule has 0 bridgehead atoms. The molecule has 2 heteroatoms. The third-order valence-electron chi connectivity index (χ3n) is 2.39. The molecule has 0 atom stereocenters. The summed E-state index contributed by atoms with van der Waals surface area (Å²) in [5.41, 5.74) is 8.95. The molecule has 0 fully saturated rings. The van der Waals surface area contributed by atoms with Crippen LogP contribution < -0.4 is 5.73 Å². The lowest BCUT2D eigenvalue weighted by Crippen LogP contribution is -2.01. The van der Waals surface area contributed by atoms with E-state index in [-0.39, 0.29) is 0 Å². The zero-order chi connectivity index (χ0) is 10.1. The number of rotatable bonds is 1. The Morgan fingerprint density at radius 3 is 2.71 bits per heavy atom. The molecule has 1 heterocycles. The predicted molar refractivity (Wildman–Crippen MR) is 59.1 cm³/mol. The van der Waals surface area contributed by atoms with Gasteiger partial charge in [0, 0.05) is 17.6 Å². The molecule has 0 amide bonds. The quantitative estimate of drug-likeness (QED) is 0.742. The van der Waals surface area contributed by atoms with Crippen molar-refractivity contribution >= 4 is 10.8 Å². The van der Waals surface area contributed by atoms with Crippen LogP contribution in [0.25, 0.3) is 10.8 Å². The minimum Gasteiger partial charge on any atom is -0.325 e. The van der Waals surface area contributed by atoms with Gasteiger partial charge in [-0.3, -0.25) is 4.98 Å². The first-order valence-corrected chi connectivity index (χ1v) is 4.77. The van der Waals surface area contributed by atoms with Crippen molar-refractivity contribution in [1.82, 2.24) is 4.98 Å². The van der Waals surface area contributed by atoms with Crippen LogP contribution in [0.15, 0.2) is 24.3 Å². The molecule has 2 N–H and O–H groups in total. The molecule has 2 nitrogen and oxygen atoms in total. The van der Waals surface area contributed by atoms with Crippen molar-refractivity contribution in [2.24, 2.45) is 5.73 Å². The fourth-order valence-corrected chi connectivity index (χ4v) is 1.75. The number of hydrogen-bond donors (Lipinski definition) is 1. The molecule has 0 saturated carbocycles. The van der Waals surface area contributed by atoms with Gasteiger partial charge < -0.3 is 5.73 Å². The molecule has 14 heavy (non-hydrogen) atoms. The summed E-state index contributed by atoms with van der Waals surface area (Å²) in [6, 6.07) is 8.46. The van der Waals surface area contributed by atoms with Crippen LogP contribution in [-0.2, 0) is 6.54 Å². The van der Waals surface area contributed by atoms with E-state index in [0.29, 0.717) is 6.54 Å². The lowest BCUT2D eigenvalue weighted by atomic mass is 10.1. The molecule has 2 aromatic rings. The highest BCUT2D eigenvalue weighted by molar-refractivity contribution is 5.85. The Hall–Kier alpha value is -1.41. The maximum atomic E-state index is 5.66.